The Hall–Kier alpha value is -1.92. The molecular weight excluding hydrogens is 364 g/mol. The number of rotatable bonds is 7. The van der Waals surface area contributed by atoms with E-state index in [4.69, 9.17) is 11.6 Å². The number of aliphatic hydroxyl groups excluding tert-OH is 1. The highest BCUT2D eigenvalue weighted by molar-refractivity contribution is 6.30. The van der Waals surface area contributed by atoms with E-state index in [-0.39, 0.29) is 32.0 Å². The van der Waals surface area contributed by atoms with Crippen LogP contribution in [0.15, 0.2) is 54.6 Å². The van der Waals surface area contributed by atoms with Gasteiger partial charge in [-0.25, -0.2) is 0 Å². The summed E-state index contributed by atoms with van der Waals surface area (Å²) >= 11 is 5.86. The molecule has 0 bridgehead atoms. The van der Waals surface area contributed by atoms with Crippen molar-refractivity contribution in [3.05, 3.63) is 70.7 Å². The number of β-amino-alcohol motifs (C(OH)–C–C–N with tert-alkyl or cyclic N) is 2. The van der Waals surface area contributed by atoms with Crippen LogP contribution in [0.4, 0.5) is 0 Å². The topological polar surface area (TPSA) is 72.8 Å². The van der Waals surface area contributed by atoms with E-state index in [0.717, 1.165) is 12.0 Å². The third-order valence-electron chi connectivity index (χ3n) is 4.96. The molecule has 27 heavy (non-hydrogen) atoms. The summed E-state index contributed by atoms with van der Waals surface area (Å²) in [6.07, 6.45) is 0.101. The molecule has 1 fully saturated rings. The lowest BCUT2D eigenvalue weighted by atomic mass is 10.0. The van der Waals surface area contributed by atoms with Crippen LogP contribution in [0.5, 0.6) is 0 Å². The molecule has 0 unspecified atom stereocenters. The second-order valence-corrected chi connectivity index (χ2v) is 7.55. The minimum absolute atomic E-state index is 0.114. The lowest BCUT2D eigenvalue weighted by Gasteiger charge is -2.26. The molecule has 5 nitrogen and oxygen atoms in total. The van der Waals surface area contributed by atoms with Gasteiger partial charge in [0.05, 0.1) is 13.0 Å². The highest BCUT2D eigenvalue weighted by Crippen LogP contribution is 2.22. The van der Waals surface area contributed by atoms with Crippen molar-refractivity contribution in [3.63, 3.8) is 0 Å². The lowest BCUT2D eigenvalue weighted by molar-refractivity contribution is -0.130. The average Bonchev–Trinajstić information content (AvgIpc) is 2.97. The average molecular weight is 389 g/mol. The van der Waals surface area contributed by atoms with Crippen molar-refractivity contribution in [2.24, 2.45) is 0 Å². The Kier molecular flexibility index (Phi) is 6.50. The van der Waals surface area contributed by atoms with Crippen molar-refractivity contribution in [1.29, 1.82) is 0 Å². The van der Waals surface area contributed by atoms with Gasteiger partial charge in [0.15, 0.2) is 0 Å². The number of hydrogen-bond donors (Lipinski definition) is 3. The van der Waals surface area contributed by atoms with Crippen LogP contribution in [0.1, 0.15) is 11.1 Å². The van der Waals surface area contributed by atoms with E-state index >= 15 is 0 Å². The number of halogens is 1. The van der Waals surface area contributed by atoms with Gasteiger partial charge in [-0.2, -0.15) is 0 Å². The second kappa shape index (κ2) is 8.85. The molecule has 144 valence electrons. The number of likely N-dealkylation sites (tertiary alicyclic amines) is 1. The summed E-state index contributed by atoms with van der Waals surface area (Å²) in [7, 11) is 0. The van der Waals surface area contributed by atoms with Gasteiger partial charge >= 0.3 is 0 Å². The van der Waals surface area contributed by atoms with E-state index < -0.39 is 11.7 Å². The molecule has 1 aliphatic rings. The Morgan fingerprint density at radius 3 is 2.56 bits per heavy atom. The predicted molar refractivity (Wildman–Crippen MR) is 106 cm³/mol. The summed E-state index contributed by atoms with van der Waals surface area (Å²) in [4.78, 5) is 14.0. The van der Waals surface area contributed by atoms with Crippen LogP contribution < -0.4 is 5.32 Å². The van der Waals surface area contributed by atoms with Crippen LogP contribution >= 0.6 is 11.6 Å². The van der Waals surface area contributed by atoms with E-state index in [1.165, 1.54) is 10.5 Å². The van der Waals surface area contributed by atoms with Crippen LogP contribution in [0, 0.1) is 0 Å². The Balaban J connectivity index is 1.48. The fraction of sp³-hybridized carbons (Fsp3) is 0.381. The van der Waals surface area contributed by atoms with Crippen LogP contribution in [0.3, 0.4) is 0 Å². The zero-order valence-corrected chi connectivity index (χ0v) is 15.9. The monoisotopic (exact) mass is 388 g/mol. The molecule has 3 N–H and O–H groups in total. The summed E-state index contributed by atoms with van der Waals surface area (Å²) < 4.78 is 0. The molecule has 1 saturated heterocycles. The number of aliphatic hydroxyl groups is 2. The van der Waals surface area contributed by atoms with Gasteiger partial charge < -0.3 is 20.4 Å². The highest BCUT2D eigenvalue weighted by atomic mass is 35.5. The Bertz CT molecular complexity index is 754. The second-order valence-electron chi connectivity index (χ2n) is 7.11. The third kappa shape index (κ3) is 5.30. The zero-order valence-electron chi connectivity index (χ0n) is 15.1. The van der Waals surface area contributed by atoms with E-state index in [1.54, 1.807) is 12.1 Å². The summed E-state index contributed by atoms with van der Waals surface area (Å²) in [5, 5.41) is 24.9. The smallest absolute Gasteiger partial charge is 0.227 e. The number of hydrogen-bond acceptors (Lipinski definition) is 4. The first-order valence-corrected chi connectivity index (χ1v) is 9.51. The van der Waals surface area contributed by atoms with Crippen molar-refractivity contribution in [2.75, 3.05) is 26.2 Å². The molecule has 6 heteroatoms. The van der Waals surface area contributed by atoms with Crippen molar-refractivity contribution in [2.45, 2.75) is 24.5 Å². The van der Waals surface area contributed by atoms with Gasteiger partial charge in [0.2, 0.25) is 5.91 Å². The predicted octanol–water partition coefficient (Wildman–Crippen LogP) is 1.65. The van der Waals surface area contributed by atoms with Gasteiger partial charge in [0, 0.05) is 18.1 Å². The van der Waals surface area contributed by atoms with Gasteiger partial charge in [-0.05, 0) is 36.2 Å². The number of carbonyl (C=O) groups is 1. The maximum Gasteiger partial charge on any atom is 0.227 e. The van der Waals surface area contributed by atoms with E-state index in [9.17, 15) is 15.0 Å². The number of carbonyl (C=O) groups excluding carboxylic acids is 1. The third-order valence-corrected chi connectivity index (χ3v) is 5.22. The Labute approximate surface area is 164 Å². The van der Waals surface area contributed by atoms with Crippen molar-refractivity contribution >= 4 is 17.5 Å². The summed E-state index contributed by atoms with van der Waals surface area (Å²) in [6, 6.07) is 17.2. The molecule has 1 heterocycles. The molecule has 0 spiro atoms. The molecule has 2 aromatic rings. The number of amides is 1. The van der Waals surface area contributed by atoms with Crippen molar-refractivity contribution < 1.29 is 15.0 Å². The van der Waals surface area contributed by atoms with Gasteiger partial charge in [-0.1, -0.05) is 54.1 Å². The van der Waals surface area contributed by atoms with Gasteiger partial charge in [-0.3, -0.25) is 4.79 Å². The maximum atomic E-state index is 12.5. The summed E-state index contributed by atoms with van der Waals surface area (Å²) in [6.45, 7) is 1.20. The van der Waals surface area contributed by atoms with Crippen molar-refractivity contribution in [3.8, 4) is 0 Å². The first kappa shape index (κ1) is 19.8. The quantitative estimate of drug-likeness (QED) is 0.631. The highest BCUT2D eigenvalue weighted by Gasteiger charge is 2.45. The fourth-order valence-electron chi connectivity index (χ4n) is 3.31. The molecule has 0 aliphatic carbocycles. The van der Waals surface area contributed by atoms with E-state index in [0.29, 0.717) is 11.6 Å². The fourth-order valence-corrected chi connectivity index (χ4v) is 3.44. The minimum Gasteiger partial charge on any atom is -0.388 e. The molecule has 2 aromatic carbocycles. The maximum absolute atomic E-state index is 12.5. The molecule has 2 atom stereocenters. The van der Waals surface area contributed by atoms with Crippen molar-refractivity contribution in [1.82, 2.24) is 10.2 Å². The molecule has 1 aliphatic heterocycles. The van der Waals surface area contributed by atoms with E-state index in [1.807, 2.05) is 30.3 Å². The molecule has 0 aromatic heterocycles. The molecular formula is C21H25ClN2O3. The molecule has 3 rings (SSSR count). The largest absolute Gasteiger partial charge is 0.388 e. The Morgan fingerprint density at radius 2 is 1.85 bits per heavy atom. The first-order chi connectivity index (χ1) is 13.0. The number of nitrogens with one attached hydrogen (secondary N) is 1. The van der Waals surface area contributed by atoms with Crippen LogP contribution in [0.2, 0.25) is 5.02 Å². The van der Waals surface area contributed by atoms with E-state index in [2.05, 4.69) is 17.4 Å². The lowest BCUT2D eigenvalue weighted by Crippen LogP contribution is -2.50. The van der Waals surface area contributed by atoms with Crippen LogP contribution in [-0.2, 0) is 17.6 Å². The molecule has 0 radical (unpaired) electrons. The SMILES string of the molecule is O=C(Cc1ccc(Cl)cc1)N1C[C@@H](O)[C@](O)(CNCCc2ccccc2)C1. The van der Waals surface area contributed by atoms with Crippen LogP contribution in [-0.4, -0.2) is 58.9 Å². The van der Waals surface area contributed by atoms with Gasteiger partial charge in [0.25, 0.3) is 0 Å². The Morgan fingerprint density at radius 1 is 1.15 bits per heavy atom. The number of nitrogens with zero attached hydrogens (tertiary/aromatic N) is 1. The van der Waals surface area contributed by atoms with Gasteiger partial charge in [-0.15, -0.1) is 0 Å². The summed E-state index contributed by atoms with van der Waals surface area (Å²) in [5.74, 6) is -0.114. The minimum atomic E-state index is -1.33. The van der Waals surface area contributed by atoms with Gasteiger partial charge in [0.1, 0.15) is 11.7 Å². The standard InChI is InChI=1S/C21H25ClN2O3/c22-18-8-6-17(7-9-18)12-20(26)24-13-19(25)21(27,15-24)14-23-11-10-16-4-2-1-3-5-16/h1-9,19,23,25,27H,10-15H2/t19-,21+/m1/s1. The number of benzene rings is 2. The summed E-state index contributed by atoms with van der Waals surface area (Å²) in [5.41, 5.74) is 0.742. The molecule has 1 amide bonds. The molecule has 0 saturated carbocycles. The first-order valence-electron chi connectivity index (χ1n) is 9.13. The zero-order chi connectivity index (χ0) is 19.3. The normalized spacial score (nSPS) is 22.2. The van der Waals surface area contributed by atoms with Crippen LogP contribution in [0.25, 0.3) is 0 Å².